The molecule has 2 aromatic rings. The third kappa shape index (κ3) is 4.94. The number of benzene rings is 1. The van der Waals surface area contributed by atoms with Crippen molar-refractivity contribution in [2.45, 2.75) is 39.5 Å². The molecule has 1 aromatic heterocycles. The Morgan fingerprint density at radius 2 is 1.88 bits per heavy atom. The highest BCUT2D eigenvalue weighted by Crippen LogP contribution is 2.27. The van der Waals surface area contributed by atoms with E-state index in [1.54, 1.807) is 32.0 Å². The van der Waals surface area contributed by atoms with Gasteiger partial charge in [0.05, 0.1) is 13.2 Å². The predicted molar refractivity (Wildman–Crippen MR) is 96.9 cm³/mol. The number of ether oxygens (including phenoxy) is 2. The quantitative estimate of drug-likeness (QED) is 0.288. The zero-order valence-corrected chi connectivity index (χ0v) is 15.1. The molecule has 26 heavy (non-hydrogen) atoms. The first-order valence-corrected chi connectivity index (χ1v) is 8.59. The smallest absolute Gasteiger partial charge is 0.373 e. The van der Waals surface area contributed by atoms with E-state index in [9.17, 15) is 14.0 Å². The first-order valence-electron chi connectivity index (χ1n) is 8.59. The average molecular weight is 362 g/mol. The summed E-state index contributed by atoms with van der Waals surface area (Å²) in [6.45, 7) is 7.51. The normalized spacial score (nSPS) is 10.7. The van der Waals surface area contributed by atoms with E-state index in [0.717, 1.165) is 25.7 Å². The lowest BCUT2D eigenvalue weighted by Crippen LogP contribution is -2.08. The van der Waals surface area contributed by atoms with Crippen LogP contribution >= 0.6 is 0 Å². The van der Waals surface area contributed by atoms with Crippen LogP contribution in [0, 0.1) is 12.7 Å². The summed E-state index contributed by atoms with van der Waals surface area (Å²) in [5.41, 5.74) is -0.0697. The lowest BCUT2D eigenvalue weighted by atomic mass is 10.1. The maximum absolute atomic E-state index is 13.7. The van der Waals surface area contributed by atoms with Crippen molar-refractivity contribution in [2.75, 3.05) is 13.2 Å². The molecule has 140 valence electrons. The van der Waals surface area contributed by atoms with Gasteiger partial charge < -0.3 is 13.9 Å². The summed E-state index contributed by atoms with van der Waals surface area (Å²) < 4.78 is 29.4. The first-order chi connectivity index (χ1) is 12.4. The van der Waals surface area contributed by atoms with Gasteiger partial charge in [0.25, 0.3) is 0 Å². The van der Waals surface area contributed by atoms with Crippen LogP contribution in [0.2, 0.25) is 0 Å². The minimum absolute atomic E-state index is 0.256. The molecule has 2 rings (SSSR count). The van der Waals surface area contributed by atoms with Crippen LogP contribution in [-0.4, -0.2) is 19.2 Å². The summed E-state index contributed by atoms with van der Waals surface area (Å²) in [7, 11) is 0. The molecule has 0 N–H and O–H groups in total. The molecule has 6 heteroatoms. The molecule has 0 fully saturated rings. The number of hydrogen-bond acceptors (Lipinski definition) is 5. The van der Waals surface area contributed by atoms with Crippen LogP contribution in [0.4, 0.5) is 4.39 Å². The minimum atomic E-state index is -0.990. The fourth-order valence-corrected chi connectivity index (χ4v) is 2.47. The van der Waals surface area contributed by atoms with Crippen molar-refractivity contribution in [3.8, 4) is 5.75 Å². The van der Waals surface area contributed by atoms with Gasteiger partial charge in [-0.1, -0.05) is 18.7 Å². The van der Waals surface area contributed by atoms with E-state index >= 15 is 0 Å². The van der Waals surface area contributed by atoms with Crippen LogP contribution in [0.15, 0.2) is 39.6 Å². The summed E-state index contributed by atoms with van der Waals surface area (Å²) in [5.74, 6) is -0.808. The highest BCUT2D eigenvalue weighted by molar-refractivity contribution is 5.87. The summed E-state index contributed by atoms with van der Waals surface area (Å²) in [6, 6.07) is 5.12. The molecular weight excluding hydrogens is 339 g/mol. The molecule has 1 aromatic carbocycles. The second-order valence-electron chi connectivity index (χ2n) is 6.14. The zero-order chi connectivity index (χ0) is 19.1. The molecular formula is C20H23FO5. The second-order valence-corrected chi connectivity index (χ2v) is 6.14. The molecule has 5 nitrogen and oxygen atoms in total. The third-order valence-electron chi connectivity index (χ3n) is 3.96. The Balaban J connectivity index is 1.79. The Morgan fingerprint density at radius 3 is 2.58 bits per heavy atom. The van der Waals surface area contributed by atoms with Gasteiger partial charge in [0, 0.05) is 16.5 Å². The van der Waals surface area contributed by atoms with Gasteiger partial charge in [-0.15, -0.1) is 0 Å². The Bertz CT molecular complexity index is 853. The van der Waals surface area contributed by atoms with Gasteiger partial charge in [0.2, 0.25) is 5.82 Å². The number of esters is 1. The Labute approximate surface area is 151 Å². The van der Waals surface area contributed by atoms with E-state index in [0.29, 0.717) is 29.9 Å². The van der Waals surface area contributed by atoms with Gasteiger partial charge in [-0.2, -0.15) is 4.39 Å². The van der Waals surface area contributed by atoms with Gasteiger partial charge >= 0.3 is 11.6 Å². The van der Waals surface area contributed by atoms with Crippen LogP contribution in [0.5, 0.6) is 5.75 Å². The van der Waals surface area contributed by atoms with Crippen LogP contribution in [0.25, 0.3) is 11.0 Å². The molecule has 0 bridgehead atoms. The molecule has 1 heterocycles. The molecule has 0 saturated heterocycles. The van der Waals surface area contributed by atoms with Gasteiger partial charge in [-0.3, -0.25) is 0 Å². The molecule has 0 radical (unpaired) electrons. The number of hydrogen-bond donors (Lipinski definition) is 0. The van der Waals surface area contributed by atoms with E-state index < -0.39 is 11.4 Å². The summed E-state index contributed by atoms with van der Waals surface area (Å²) in [5, 5.41) is 0.527. The third-order valence-corrected chi connectivity index (χ3v) is 3.96. The van der Waals surface area contributed by atoms with Gasteiger partial charge in [0.1, 0.15) is 0 Å². The van der Waals surface area contributed by atoms with E-state index in [1.165, 1.54) is 0 Å². The van der Waals surface area contributed by atoms with E-state index in [-0.39, 0.29) is 17.1 Å². The van der Waals surface area contributed by atoms with Crippen molar-refractivity contribution in [1.29, 1.82) is 0 Å². The predicted octanol–water partition coefficient (Wildman–Crippen LogP) is 4.30. The number of para-hydroxylation sites is 1. The molecule has 0 amide bonds. The van der Waals surface area contributed by atoms with E-state index in [2.05, 4.69) is 6.58 Å². The highest BCUT2D eigenvalue weighted by atomic mass is 19.1. The van der Waals surface area contributed by atoms with Crippen molar-refractivity contribution >= 4 is 16.9 Å². The lowest BCUT2D eigenvalue weighted by molar-refractivity contribution is -0.139. The molecule has 0 aliphatic carbocycles. The Hall–Kier alpha value is -2.63. The number of unbranched alkanes of at least 4 members (excludes halogenated alkanes) is 3. The van der Waals surface area contributed by atoms with Crippen LogP contribution < -0.4 is 10.4 Å². The monoisotopic (exact) mass is 362 g/mol. The van der Waals surface area contributed by atoms with Crippen molar-refractivity contribution in [3.05, 3.63) is 52.2 Å². The molecule has 0 aliphatic rings. The van der Waals surface area contributed by atoms with Crippen LogP contribution in [-0.2, 0) is 9.53 Å². The average Bonchev–Trinajstić information content (AvgIpc) is 2.62. The van der Waals surface area contributed by atoms with Crippen LogP contribution in [0.1, 0.15) is 38.2 Å². The van der Waals surface area contributed by atoms with Crippen molar-refractivity contribution in [3.63, 3.8) is 0 Å². The fourth-order valence-electron chi connectivity index (χ4n) is 2.47. The number of carbonyl (C=O) groups excluding carboxylic acids is 1. The first kappa shape index (κ1) is 19.7. The van der Waals surface area contributed by atoms with Crippen LogP contribution in [0.3, 0.4) is 0 Å². The lowest BCUT2D eigenvalue weighted by Gasteiger charge is -2.09. The van der Waals surface area contributed by atoms with Gasteiger partial charge in [-0.25, -0.2) is 9.59 Å². The van der Waals surface area contributed by atoms with E-state index in [4.69, 9.17) is 13.9 Å². The fraction of sp³-hybridized carbons (Fsp3) is 0.400. The molecule has 0 aliphatic heterocycles. The Kier molecular flexibility index (Phi) is 6.95. The Morgan fingerprint density at radius 1 is 1.19 bits per heavy atom. The standard InChI is InChI=1S/C20H23FO5/c1-13(2)19(22)25-12-7-5-4-6-11-24-16-10-8-9-15-14(3)17(21)20(23)26-18(15)16/h8-10H,1,4-7,11-12H2,2-3H3. The number of fused-ring (bicyclic) bond motifs is 1. The van der Waals surface area contributed by atoms with Gasteiger partial charge in [-0.05, 0) is 45.6 Å². The highest BCUT2D eigenvalue weighted by Gasteiger charge is 2.14. The molecule has 0 unspecified atom stereocenters. The number of aryl methyl sites for hydroxylation is 1. The molecule has 0 saturated carbocycles. The minimum Gasteiger partial charge on any atom is -0.490 e. The largest absolute Gasteiger partial charge is 0.490 e. The van der Waals surface area contributed by atoms with E-state index in [1.807, 2.05) is 0 Å². The molecule has 0 spiro atoms. The maximum atomic E-state index is 13.7. The van der Waals surface area contributed by atoms with Crippen molar-refractivity contribution < 1.29 is 23.1 Å². The maximum Gasteiger partial charge on any atom is 0.373 e. The van der Waals surface area contributed by atoms with Crippen molar-refractivity contribution in [1.82, 2.24) is 0 Å². The summed E-state index contributed by atoms with van der Waals surface area (Å²) in [4.78, 5) is 22.7. The summed E-state index contributed by atoms with van der Waals surface area (Å²) in [6.07, 6.45) is 3.39. The second kappa shape index (κ2) is 9.17. The van der Waals surface area contributed by atoms with Crippen molar-refractivity contribution in [2.24, 2.45) is 0 Å². The number of rotatable bonds is 9. The number of carbonyl (C=O) groups is 1. The molecule has 0 atom stereocenters. The van der Waals surface area contributed by atoms with Gasteiger partial charge in [0.15, 0.2) is 11.3 Å². The zero-order valence-electron chi connectivity index (χ0n) is 15.1. The summed E-state index contributed by atoms with van der Waals surface area (Å²) >= 11 is 0. The topological polar surface area (TPSA) is 65.7 Å². The SMILES string of the molecule is C=C(C)C(=O)OCCCCCCOc1cccc2c(C)c(F)c(=O)oc12. The number of halogens is 1.